The van der Waals surface area contributed by atoms with Gasteiger partial charge in [0.15, 0.2) is 5.78 Å². The van der Waals surface area contributed by atoms with Gasteiger partial charge in [0.25, 0.3) is 0 Å². The maximum absolute atomic E-state index is 11.1. The van der Waals surface area contributed by atoms with Crippen molar-refractivity contribution in [1.29, 1.82) is 0 Å². The molecule has 0 N–H and O–H groups in total. The molecule has 0 radical (unpaired) electrons. The Bertz CT molecular complexity index is 382. The number of rotatable bonds is 4. The SMILES string of the molecule is CC(=O)/C(C)=C/c1ccc(CC(C)C)cc1. The van der Waals surface area contributed by atoms with Gasteiger partial charge in [-0.05, 0) is 49.0 Å². The van der Waals surface area contributed by atoms with Gasteiger partial charge in [-0.1, -0.05) is 38.1 Å². The second-order valence-electron chi connectivity index (χ2n) is 4.72. The maximum atomic E-state index is 11.1. The lowest BCUT2D eigenvalue weighted by atomic mass is 10.0. The summed E-state index contributed by atoms with van der Waals surface area (Å²) in [7, 11) is 0. The van der Waals surface area contributed by atoms with Gasteiger partial charge in [-0.3, -0.25) is 4.79 Å². The molecule has 0 saturated heterocycles. The van der Waals surface area contributed by atoms with Crippen LogP contribution < -0.4 is 0 Å². The van der Waals surface area contributed by atoms with Crippen LogP contribution >= 0.6 is 0 Å². The molecule has 0 saturated carbocycles. The number of allylic oxidation sites excluding steroid dienone is 1. The monoisotopic (exact) mass is 216 g/mol. The highest BCUT2D eigenvalue weighted by atomic mass is 16.1. The van der Waals surface area contributed by atoms with E-state index in [0.717, 1.165) is 17.6 Å². The van der Waals surface area contributed by atoms with Gasteiger partial charge in [-0.25, -0.2) is 0 Å². The normalized spacial score (nSPS) is 11.9. The lowest BCUT2D eigenvalue weighted by molar-refractivity contribution is -0.113. The summed E-state index contributed by atoms with van der Waals surface area (Å²) in [4.78, 5) is 11.1. The molecule has 1 aromatic rings. The number of benzene rings is 1. The minimum absolute atomic E-state index is 0.131. The summed E-state index contributed by atoms with van der Waals surface area (Å²) in [6.45, 7) is 7.88. The van der Waals surface area contributed by atoms with Gasteiger partial charge in [-0.15, -0.1) is 0 Å². The Kier molecular flexibility index (Phi) is 4.48. The molecule has 0 amide bonds. The van der Waals surface area contributed by atoms with Crippen molar-refractivity contribution in [3.8, 4) is 0 Å². The number of carbonyl (C=O) groups is 1. The van der Waals surface area contributed by atoms with E-state index in [1.54, 1.807) is 6.92 Å². The first-order chi connectivity index (χ1) is 7.49. The van der Waals surface area contributed by atoms with E-state index >= 15 is 0 Å². The van der Waals surface area contributed by atoms with E-state index in [9.17, 15) is 4.79 Å². The zero-order chi connectivity index (χ0) is 12.1. The molecule has 0 spiro atoms. The number of hydrogen-bond acceptors (Lipinski definition) is 1. The molecule has 0 heterocycles. The van der Waals surface area contributed by atoms with Crippen molar-refractivity contribution < 1.29 is 4.79 Å². The smallest absolute Gasteiger partial charge is 0.155 e. The van der Waals surface area contributed by atoms with Crippen LogP contribution in [0.3, 0.4) is 0 Å². The van der Waals surface area contributed by atoms with Gasteiger partial charge in [0, 0.05) is 0 Å². The first kappa shape index (κ1) is 12.7. The average molecular weight is 216 g/mol. The van der Waals surface area contributed by atoms with Crippen LogP contribution in [0.5, 0.6) is 0 Å². The van der Waals surface area contributed by atoms with E-state index in [1.165, 1.54) is 5.56 Å². The molecule has 0 bridgehead atoms. The predicted molar refractivity (Wildman–Crippen MR) is 69.3 cm³/mol. The van der Waals surface area contributed by atoms with Gasteiger partial charge in [0.1, 0.15) is 0 Å². The maximum Gasteiger partial charge on any atom is 0.155 e. The highest BCUT2D eigenvalue weighted by Gasteiger charge is 1.99. The van der Waals surface area contributed by atoms with Gasteiger partial charge in [0.2, 0.25) is 0 Å². The van der Waals surface area contributed by atoms with Crippen molar-refractivity contribution in [2.45, 2.75) is 34.1 Å². The molecular formula is C15H20O. The topological polar surface area (TPSA) is 17.1 Å². The Labute approximate surface area is 98.2 Å². The molecule has 0 aromatic heterocycles. The van der Waals surface area contributed by atoms with E-state index < -0.39 is 0 Å². The van der Waals surface area contributed by atoms with E-state index in [-0.39, 0.29) is 5.78 Å². The first-order valence-electron chi connectivity index (χ1n) is 5.77. The molecule has 86 valence electrons. The summed E-state index contributed by atoms with van der Waals surface area (Å²) >= 11 is 0. The van der Waals surface area contributed by atoms with Gasteiger partial charge < -0.3 is 0 Å². The molecule has 1 heteroatoms. The summed E-state index contributed by atoms with van der Waals surface area (Å²) in [6, 6.07) is 8.42. The molecule has 16 heavy (non-hydrogen) atoms. The zero-order valence-electron chi connectivity index (χ0n) is 10.6. The Hall–Kier alpha value is -1.37. The third kappa shape index (κ3) is 4.01. The quantitative estimate of drug-likeness (QED) is 0.698. The molecule has 0 aliphatic rings. The van der Waals surface area contributed by atoms with Crippen LogP contribution in [-0.4, -0.2) is 5.78 Å². The fourth-order valence-corrected chi connectivity index (χ4v) is 1.57. The molecule has 1 rings (SSSR count). The standard InChI is InChI=1S/C15H20O/c1-11(2)9-14-5-7-15(8-6-14)10-12(3)13(4)16/h5-8,10-11H,9H2,1-4H3/b12-10+. The first-order valence-corrected chi connectivity index (χ1v) is 5.77. The second-order valence-corrected chi connectivity index (χ2v) is 4.72. The number of ketones is 1. The Balaban J connectivity index is 2.79. The van der Waals surface area contributed by atoms with Crippen LogP contribution in [0.2, 0.25) is 0 Å². The summed E-state index contributed by atoms with van der Waals surface area (Å²) in [5.74, 6) is 0.812. The largest absolute Gasteiger partial charge is 0.295 e. The Morgan fingerprint density at radius 2 is 1.75 bits per heavy atom. The van der Waals surface area contributed by atoms with Gasteiger partial charge in [0.05, 0.1) is 0 Å². The predicted octanol–water partition coefficient (Wildman–Crippen LogP) is 3.88. The van der Waals surface area contributed by atoms with E-state index in [0.29, 0.717) is 5.92 Å². The lowest BCUT2D eigenvalue weighted by Crippen LogP contribution is -1.94. The highest BCUT2D eigenvalue weighted by molar-refractivity contribution is 5.97. The van der Waals surface area contributed by atoms with Crippen LogP contribution in [0.25, 0.3) is 6.08 Å². The van der Waals surface area contributed by atoms with Gasteiger partial charge in [-0.2, -0.15) is 0 Å². The van der Waals surface area contributed by atoms with Crippen molar-refractivity contribution >= 4 is 11.9 Å². The zero-order valence-corrected chi connectivity index (χ0v) is 10.6. The van der Waals surface area contributed by atoms with Crippen molar-refractivity contribution in [1.82, 2.24) is 0 Å². The van der Waals surface area contributed by atoms with Crippen molar-refractivity contribution in [3.05, 3.63) is 41.0 Å². The number of hydrogen-bond donors (Lipinski definition) is 0. The van der Waals surface area contributed by atoms with Crippen molar-refractivity contribution in [2.24, 2.45) is 5.92 Å². The summed E-state index contributed by atoms with van der Waals surface area (Å²) in [5.41, 5.74) is 3.25. The van der Waals surface area contributed by atoms with Crippen LogP contribution in [0.4, 0.5) is 0 Å². The van der Waals surface area contributed by atoms with Crippen molar-refractivity contribution in [2.75, 3.05) is 0 Å². The lowest BCUT2D eigenvalue weighted by Gasteiger charge is -2.05. The molecule has 0 unspecified atom stereocenters. The van der Waals surface area contributed by atoms with Gasteiger partial charge >= 0.3 is 0 Å². The minimum atomic E-state index is 0.131. The van der Waals surface area contributed by atoms with E-state index in [1.807, 2.05) is 13.0 Å². The second kappa shape index (κ2) is 5.64. The Morgan fingerprint density at radius 3 is 2.19 bits per heavy atom. The highest BCUT2D eigenvalue weighted by Crippen LogP contribution is 2.12. The molecule has 1 nitrogen and oxygen atoms in total. The molecule has 0 fully saturated rings. The summed E-state index contributed by atoms with van der Waals surface area (Å²) < 4.78 is 0. The van der Waals surface area contributed by atoms with Crippen LogP contribution in [0.15, 0.2) is 29.8 Å². The molecule has 1 aromatic carbocycles. The van der Waals surface area contributed by atoms with Crippen molar-refractivity contribution in [3.63, 3.8) is 0 Å². The van der Waals surface area contributed by atoms with Crippen LogP contribution in [0, 0.1) is 5.92 Å². The molecule has 0 aliphatic heterocycles. The van der Waals surface area contributed by atoms with E-state index in [2.05, 4.69) is 38.1 Å². The molecule has 0 atom stereocenters. The van der Waals surface area contributed by atoms with E-state index in [4.69, 9.17) is 0 Å². The third-order valence-electron chi connectivity index (χ3n) is 2.56. The fourth-order valence-electron chi connectivity index (χ4n) is 1.57. The number of carbonyl (C=O) groups excluding carboxylic acids is 1. The average Bonchev–Trinajstić information content (AvgIpc) is 2.20. The minimum Gasteiger partial charge on any atom is -0.295 e. The fraction of sp³-hybridized carbons (Fsp3) is 0.400. The third-order valence-corrected chi connectivity index (χ3v) is 2.56. The summed E-state index contributed by atoms with van der Waals surface area (Å²) in [5, 5.41) is 0. The van der Waals surface area contributed by atoms with Crippen LogP contribution in [0.1, 0.15) is 38.8 Å². The molecular weight excluding hydrogens is 196 g/mol. The molecule has 0 aliphatic carbocycles. The Morgan fingerprint density at radius 1 is 1.19 bits per heavy atom. The van der Waals surface area contributed by atoms with Crippen LogP contribution in [-0.2, 0) is 11.2 Å². The number of Topliss-reactive ketones (excluding diaryl/α,β-unsaturated/α-hetero) is 1. The summed E-state index contributed by atoms with van der Waals surface area (Å²) in [6.07, 6.45) is 3.04.